The van der Waals surface area contributed by atoms with Gasteiger partial charge in [0.25, 0.3) is 0 Å². The van der Waals surface area contributed by atoms with Gasteiger partial charge in [-0.25, -0.2) is 4.98 Å². The molecule has 3 rings (SSSR count). The van der Waals surface area contributed by atoms with Gasteiger partial charge in [-0.05, 0) is 36.5 Å². The Kier molecular flexibility index (Phi) is 5.51. The van der Waals surface area contributed by atoms with Crippen LogP contribution in [0.5, 0.6) is 0 Å². The van der Waals surface area contributed by atoms with Gasteiger partial charge in [-0.3, -0.25) is 4.79 Å². The van der Waals surface area contributed by atoms with Gasteiger partial charge in [0.15, 0.2) is 5.13 Å². The average Bonchev–Trinajstić information content (AvgIpc) is 2.98. The van der Waals surface area contributed by atoms with Crippen LogP contribution < -0.4 is 5.73 Å². The van der Waals surface area contributed by atoms with E-state index in [0.717, 1.165) is 25.0 Å². The van der Waals surface area contributed by atoms with Gasteiger partial charge in [-0.1, -0.05) is 20.8 Å². The fourth-order valence-electron chi connectivity index (χ4n) is 5.42. The molecule has 1 aromatic rings. The molecule has 6 nitrogen and oxygen atoms in total. The number of aliphatic hydroxyl groups is 1. The number of hydrogen-bond acceptors (Lipinski definition) is 6. The molecule has 2 aliphatic rings. The first-order valence-electron chi connectivity index (χ1n) is 9.74. The number of anilines is 1. The summed E-state index contributed by atoms with van der Waals surface area (Å²) in [6, 6.07) is 2.08. The first kappa shape index (κ1) is 20.1. The number of aliphatic hydroxyl groups excluding tert-OH is 1. The lowest BCUT2D eigenvalue weighted by atomic mass is 9.53. The lowest BCUT2D eigenvalue weighted by Gasteiger charge is -2.53. The van der Waals surface area contributed by atoms with Crippen LogP contribution in [-0.2, 0) is 11.2 Å². The number of rotatable bonds is 4. The highest BCUT2D eigenvalue weighted by Crippen LogP contribution is 2.57. The van der Waals surface area contributed by atoms with Crippen LogP contribution in [0.25, 0.3) is 0 Å². The molecule has 148 valence electrons. The minimum Gasteiger partial charge on any atom is -0.392 e. The quantitative estimate of drug-likeness (QED) is 0.823. The molecule has 1 heterocycles. The largest absolute Gasteiger partial charge is 0.392 e. The van der Waals surface area contributed by atoms with Gasteiger partial charge in [0, 0.05) is 30.3 Å². The van der Waals surface area contributed by atoms with Crippen LogP contribution in [0.1, 0.15) is 56.5 Å². The lowest BCUT2D eigenvalue weighted by molar-refractivity contribution is -0.143. The van der Waals surface area contributed by atoms with Gasteiger partial charge in [-0.15, -0.1) is 11.3 Å². The summed E-state index contributed by atoms with van der Waals surface area (Å²) in [5.74, 6) is -0.115. The molecule has 7 heteroatoms. The summed E-state index contributed by atoms with van der Waals surface area (Å²) in [7, 11) is 1.74. The van der Waals surface area contributed by atoms with Crippen LogP contribution in [0.2, 0.25) is 0 Å². The molecule has 0 aliphatic heterocycles. The highest BCUT2D eigenvalue weighted by molar-refractivity contribution is 7.15. The van der Waals surface area contributed by atoms with Gasteiger partial charge < -0.3 is 15.7 Å². The summed E-state index contributed by atoms with van der Waals surface area (Å²) in [6.45, 7) is 6.75. The number of carbonyl (C=O) groups excluding carboxylic acids is 1. The number of amides is 1. The van der Waals surface area contributed by atoms with Gasteiger partial charge in [0.2, 0.25) is 5.91 Å². The van der Waals surface area contributed by atoms with E-state index in [1.165, 1.54) is 4.88 Å². The van der Waals surface area contributed by atoms with Crippen LogP contribution in [-0.4, -0.2) is 40.6 Å². The van der Waals surface area contributed by atoms with E-state index in [1.54, 1.807) is 23.3 Å². The molecule has 1 amide bonds. The summed E-state index contributed by atoms with van der Waals surface area (Å²) in [5.41, 5.74) is 6.99. The number of nitrogens with two attached hydrogens (primary N) is 1. The van der Waals surface area contributed by atoms with E-state index < -0.39 is 6.10 Å². The third-order valence-electron chi connectivity index (χ3n) is 6.91. The number of thiazole rings is 1. The van der Waals surface area contributed by atoms with E-state index in [-0.39, 0.29) is 35.0 Å². The predicted octanol–water partition coefficient (Wildman–Crippen LogP) is 2.79. The number of hydrogen-bond donors (Lipinski definition) is 2. The van der Waals surface area contributed by atoms with Crippen LogP contribution in [0.15, 0.2) is 0 Å². The molecule has 0 saturated heterocycles. The van der Waals surface area contributed by atoms with Crippen molar-refractivity contribution in [3.8, 4) is 6.07 Å². The Morgan fingerprint density at radius 2 is 2.30 bits per heavy atom. The van der Waals surface area contributed by atoms with Crippen LogP contribution in [0, 0.1) is 34.5 Å². The van der Waals surface area contributed by atoms with Gasteiger partial charge in [0.05, 0.1) is 24.3 Å². The third kappa shape index (κ3) is 3.45. The van der Waals surface area contributed by atoms with E-state index in [0.29, 0.717) is 18.1 Å². The molecular weight excluding hydrogens is 360 g/mol. The van der Waals surface area contributed by atoms with Gasteiger partial charge >= 0.3 is 0 Å². The monoisotopic (exact) mass is 390 g/mol. The van der Waals surface area contributed by atoms with Crippen molar-refractivity contribution in [2.75, 3.05) is 19.3 Å². The molecular formula is C20H30N4O2S. The van der Waals surface area contributed by atoms with E-state index in [1.807, 2.05) is 6.92 Å². The number of carbonyl (C=O) groups is 1. The Labute approximate surface area is 165 Å². The van der Waals surface area contributed by atoms with Gasteiger partial charge in [0.1, 0.15) is 0 Å². The molecule has 0 spiro atoms. The van der Waals surface area contributed by atoms with E-state index in [9.17, 15) is 9.90 Å². The Balaban J connectivity index is 1.81. The van der Waals surface area contributed by atoms with Crippen molar-refractivity contribution in [3.63, 3.8) is 0 Å². The Bertz CT molecular complexity index is 758. The molecule has 2 aliphatic carbocycles. The minimum atomic E-state index is -0.543. The zero-order valence-corrected chi connectivity index (χ0v) is 17.4. The fraction of sp³-hybridized carbons (Fsp3) is 0.750. The summed E-state index contributed by atoms with van der Waals surface area (Å²) >= 11 is 1.57. The van der Waals surface area contributed by atoms with Gasteiger partial charge in [-0.2, -0.15) is 5.26 Å². The number of aromatic nitrogens is 1. The fourth-order valence-corrected chi connectivity index (χ4v) is 6.56. The maximum absolute atomic E-state index is 12.8. The minimum absolute atomic E-state index is 0.0107. The summed E-state index contributed by atoms with van der Waals surface area (Å²) in [4.78, 5) is 20.2. The molecule has 0 bridgehead atoms. The average molecular weight is 391 g/mol. The number of fused-ring (bicyclic) bond motifs is 2. The molecule has 0 aromatic carbocycles. The SMILES string of the molecule is C[C@H](C(=O)N(C)CCC#N)[C@H]1CC[C@]2(C)Cc3sc(N)nc3[C@H](C)[C@@H]2[C@H]1O. The van der Waals surface area contributed by atoms with Crippen LogP contribution in [0.4, 0.5) is 5.13 Å². The van der Waals surface area contributed by atoms with Crippen molar-refractivity contribution in [2.24, 2.45) is 23.2 Å². The first-order chi connectivity index (χ1) is 12.7. The molecule has 27 heavy (non-hydrogen) atoms. The zero-order valence-electron chi connectivity index (χ0n) is 16.6. The van der Waals surface area contributed by atoms with Crippen molar-refractivity contribution in [1.82, 2.24) is 9.88 Å². The molecule has 1 aromatic heterocycles. The second-order valence-corrected chi connectivity index (χ2v) is 9.77. The standard InChI is InChI=1S/C20H30N4O2S/c1-11(18(26)24(4)9-5-8-21)13-6-7-20(3)10-14-16(23-19(22)27-14)12(2)15(20)17(13)25/h11-13,15,17,25H,5-7,9-10H2,1-4H3,(H2,22,23)/t11-,12+,13+,15+,17-,20+/m0/s1. The highest BCUT2D eigenvalue weighted by Gasteiger charge is 2.53. The van der Waals surface area contributed by atoms with Crippen molar-refractivity contribution in [2.45, 2.75) is 58.5 Å². The van der Waals surface area contributed by atoms with E-state index >= 15 is 0 Å². The summed E-state index contributed by atoms with van der Waals surface area (Å²) in [5, 5.41) is 20.7. The molecule has 1 saturated carbocycles. The van der Waals surface area contributed by atoms with E-state index in [4.69, 9.17) is 11.0 Å². The molecule has 3 N–H and O–H groups in total. The molecule has 1 fully saturated rings. The zero-order chi connectivity index (χ0) is 19.9. The Morgan fingerprint density at radius 1 is 1.59 bits per heavy atom. The number of nitrogens with zero attached hydrogens (tertiary/aromatic N) is 3. The van der Waals surface area contributed by atoms with Crippen LogP contribution in [0.3, 0.4) is 0 Å². The number of nitriles is 1. The highest BCUT2D eigenvalue weighted by atomic mass is 32.1. The van der Waals surface area contributed by atoms with Crippen molar-refractivity contribution >= 4 is 22.4 Å². The maximum atomic E-state index is 12.8. The Hall–Kier alpha value is -1.65. The Morgan fingerprint density at radius 3 is 2.96 bits per heavy atom. The second-order valence-electron chi connectivity index (χ2n) is 8.66. The first-order valence-corrected chi connectivity index (χ1v) is 10.6. The lowest BCUT2D eigenvalue weighted by Crippen LogP contribution is -2.53. The van der Waals surface area contributed by atoms with Crippen molar-refractivity contribution in [1.29, 1.82) is 5.26 Å². The molecule has 0 unspecified atom stereocenters. The summed E-state index contributed by atoms with van der Waals surface area (Å²) in [6.07, 6.45) is 2.51. The number of nitrogen functional groups attached to an aromatic ring is 1. The van der Waals surface area contributed by atoms with Crippen molar-refractivity contribution in [3.05, 3.63) is 10.6 Å². The predicted molar refractivity (Wildman–Crippen MR) is 106 cm³/mol. The topological polar surface area (TPSA) is 103 Å². The smallest absolute Gasteiger partial charge is 0.225 e. The molecule has 6 atom stereocenters. The third-order valence-corrected chi connectivity index (χ3v) is 7.81. The maximum Gasteiger partial charge on any atom is 0.225 e. The molecule has 0 radical (unpaired) electrons. The normalized spacial score (nSPS) is 33.5. The van der Waals surface area contributed by atoms with E-state index in [2.05, 4.69) is 24.9 Å². The second kappa shape index (κ2) is 7.40. The van der Waals surface area contributed by atoms with Crippen LogP contribution >= 0.6 is 11.3 Å². The van der Waals surface area contributed by atoms with Crippen molar-refractivity contribution < 1.29 is 9.90 Å². The summed E-state index contributed by atoms with van der Waals surface area (Å²) < 4.78 is 0.